The van der Waals surface area contributed by atoms with Crippen molar-refractivity contribution in [2.45, 2.75) is 11.3 Å². The molecule has 0 saturated carbocycles. The van der Waals surface area contributed by atoms with Crippen molar-refractivity contribution >= 4 is 29.0 Å². The lowest BCUT2D eigenvalue weighted by molar-refractivity contribution is -0.120. The molecular formula is C17H12ClNO2. The number of Topliss-reactive ketones (excluding diaryl/α,β-unsaturated/α-hetero) is 1. The van der Waals surface area contributed by atoms with Crippen LogP contribution in [-0.4, -0.2) is 18.2 Å². The Morgan fingerprint density at radius 3 is 2.52 bits per heavy atom. The number of ketones is 1. The van der Waals surface area contributed by atoms with Gasteiger partial charge in [-0.25, -0.2) is 0 Å². The number of carbonyl (C=O) groups excluding carboxylic acids is 2. The summed E-state index contributed by atoms with van der Waals surface area (Å²) in [5.74, 6) is -0.659. The zero-order valence-electron chi connectivity index (χ0n) is 11.2. The van der Waals surface area contributed by atoms with Crippen molar-refractivity contribution in [3.63, 3.8) is 0 Å². The summed E-state index contributed by atoms with van der Waals surface area (Å²) >= 11 is 6.59. The van der Waals surface area contributed by atoms with Crippen molar-refractivity contribution in [2.75, 3.05) is 11.4 Å². The Kier molecular flexibility index (Phi) is 2.51. The van der Waals surface area contributed by atoms with Crippen LogP contribution < -0.4 is 4.90 Å². The molecule has 2 aromatic carbocycles. The summed E-state index contributed by atoms with van der Waals surface area (Å²) in [7, 11) is 0. The number of nitrogens with zero attached hydrogens (tertiary/aromatic N) is 1. The van der Waals surface area contributed by atoms with Gasteiger partial charge in [0.2, 0.25) is 4.87 Å². The van der Waals surface area contributed by atoms with Gasteiger partial charge in [0, 0.05) is 12.1 Å². The maximum atomic E-state index is 12.9. The molecule has 0 aromatic heterocycles. The molecule has 0 bridgehead atoms. The van der Waals surface area contributed by atoms with Crippen LogP contribution in [0.4, 0.5) is 5.69 Å². The van der Waals surface area contributed by atoms with Gasteiger partial charge in [-0.05, 0) is 23.6 Å². The second kappa shape index (κ2) is 4.18. The Balaban J connectivity index is 1.98. The van der Waals surface area contributed by atoms with Crippen LogP contribution in [0, 0.1) is 0 Å². The summed E-state index contributed by atoms with van der Waals surface area (Å²) in [6, 6.07) is 14.4. The van der Waals surface area contributed by atoms with E-state index in [1.807, 2.05) is 18.2 Å². The zero-order valence-corrected chi connectivity index (χ0v) is 11.9. The first kappa shape index (κ1) is 12.6. The highest BCUT2D eigenvalue weighted by Gasteiger charge is 2.54. The minimum Gasteiger partial charge on any atom is -0.309 e. The van der Waals surface area contributed by atoms with Crippen molar-refractivity contribution in [2.24, 2.45) is 0 Å². The molecular weight excluding hydrogens is 286 g/mol. The number of amides is 1. The molecule has 2 aliphatic heterocycles. The number of hydrogen-bond acceptors (Lipinski definition) is 2. The Labute approximate surface area is 127 Å². The van der Waals surface area contributed by atoms with Gasteiger partial charge in [0.05, 0.1) is 5.69 Å². The number of carbonyl (C=O) groups is 2. The SMILES string of the molecule is O=C1c2cccc3c2N(CC3)C(=O)[C@]1(Cl)c1ccccc1. The highest BCUT2D eigenvalue weighted by molar-refractivity contribution is 6.52. The summed E-state index contributed by atoms with van der Waals surface area (Å²) in [6.07, 6.45) is 0.768. The molecule has 2 heterocycles. The molecule has 21 heavy (non-hydrogen) atoms. The van der Waals surface area contributed by atoms with Crippen molar-refractivity contribution in [1.82, 2.24) is 0 Å². The second-order valence-corrected chi connectivity index (χ2v) is 5.94. The molecule has 104 valence electrons. The first-order valence-corrected chi connectivity index (χ1v) is 7.25. The van der Waals surface area contributed by atoms with Gasteiger partial charge in [-0.2, -0.15) is 0 Å². The van der Waals surface area contributed by atoms with Crippen molar-refractivity contribution in [3.8, 4) is 0 Å². The van der Waals surface area contributed by atoms with Gasteiger partial charge in [0.1, 0.15) is 0 Å². The molecule has 0 N–H and O–H groups in total. The van der Waals surface area contributed by atoms with E-state index in [4.69, 9.17) is 11.6 Å². The molecule has 0 spiro atoms. The van der Waals surface area contributed by atoms with Crippen molar-refractivity contribution < 1.29 is 9.59 Å². The standard InChI is InChI=1S/C17H12ClNO2/c18-17(12-6-2-1-3-7-12)15(20)13-8-4-5-11-9-10-19(14(11)13)16(17)21/h1-8H,9-10H2/t17-/m0/s1. The van der Waals surface area contributed by atoms with Crippen LogP contribution in [0.2, 0.25) is 0 Å². The van der Waals surface area contributed by atoms with E-state index < -0.39 is 4.87 Å². The monoisotopic (exact) mass is 297 g/mol. The van der Waals surface area contributed by atoms with E-state index in [0.717, 1.165) is 17.7 Å². The van der Waals surface area contributed by atoms with E-state index in [1.54, 1.807) is 35.2 Å². The molecule has 0 radical (unpaired) electrons. The molecule has 1 amide bonds. The molecule has 4 heteroatoms. The average Bonchev–Trinajstić information content (AvgIpc) is 2.96. The molecule has 0 aliphatic carbocycles. The van der Waals surface area contributed by atoms with E-state index in [9.17, 15) is 9.59 Å². The first-order chi connectivity index (χ1) is 10.1. The van der Waals surface area contributed by atoms with Gasteiger partial charge in [-0.15, -0.1) is 0 Å². The summed E-state index contributed by atoms with van der Waals surface area (Å²) < 4.78 is 0. The van der Waals surface area contributed by atoms with Crippen LogP contribution in [0.25, 0.3) is 0 Å². The van der Waals surface area contributed by atoms with Crippen molar-refractivity contribution in [1.29, 1.82) is 0 Å². The topological polar surface area (TPSA) is 37.4 Å². The van der Waals surface area contributed by atoms with Gasteiger partial charge in [0.15, 0.2) is 5.78 Å². The van der Waals surface area contributed by atoms with E-state index >= 15 is 0 Å². The van der Waals surface area contributed by atoms with E-state index in [2.05, 4.69) is 0 Å². The lowest BCUT2D eigenvalue weighted by atomic mass is 9.84. The predicted molar refractivity (Wildman–Crippen MR) is 80.8 cm³/mol. The number of rotatable bonds is 1. The van der Waals surface area contributed by atoms with Gasteiger partial charge in [0.25, 0.3) is 5.91 Å². The molecule has 2 aliphatic rings. The fraction of sp³-hybridized carbons (Fsp3) is 0.176. The highest BCUT2D eigenvalue weighted by Crippen LogP contribution is 2.46. The number of hydrogen-bond donors (Lipinski definition) is 0. The smallest absolute Gasteiger partial charge is 0.260 e. The minimum atomic E-state index is -1.64. The number of halogens is 1. The van der Waals surface area contributed by atoms with Crippen LogP contribution in [0.1, 0.15) is 21.5 Å². The molecule has 0 saturated heterocycles. The minimum absolute atomic E-state index is 0.324. The predicted octanol–water partition coefficient (Wildman–Crippen LogP) is 2.91. The number of anilines is 1. The largest absolute Gasteiger partial charge is 0.309 e. The molecule has 4 rings (SSSR count). The van der Waals surface area contributed by atoms with Crippen LogP contribution >= 0.6 is 11.6 Å². The fourth-order valence-corrected chi connectivity index (χ4v) is 3.56. The quantitative estimate of drug-likeness (QED) is 0.599. The summed E-state index contributed by atoms with van der Waals surface area (Å²) in [6.45, 7) is 0.583. The maximum Gasteiger partial charge on any atom is 0.260 e. The summed E-state index contributed by atoms with van der Waals surface area (Å²) in [4.78, 5) is 25.8. The molecule has 1 atom stereocenters. The Morgan fingerprint density at radius 2 is 1.76 bits per heavy atom. The Bertz CT molecular complexity index is 772. The Hall–Kier alpha value is -2.13. The lowest BCUT2D eigenvalue weighted by Crippen LogP contribution is -2.52. The number of alkyl halides is 1. The Morgan fingerprint density at radius 1 is 1.00 bits per heavy atom. The highest BCUT2D eigenvalue weighted by atomic mass is 35.5. The average molecular weight is 298 g/mol. The second-order valence-electron chi connectivity index (χ2n) is 5.37. The third-order valence-corrected chi connectivity index (χ3v) is 4.81. The van der Waals surface area contributed by atoms with Crippen molar-refractivity contribution in [3.05, 3.63) is 65.2 Å². The van der Waals surface area contributed by atoms with E-state index in [-0.39, 0.29) is 11.7 Å². The van der Waals surface area contributed by atoms with Crippen LogP contribution in [0.15, 0.2) is 48.5 Å². The fourth-order valence-electron chi connectivity index (χ4n) is 3.23. The molecule has 2 aromatic rings. The third kappa shape index (κ3) is 1.49. The summed E-state index contributed by atoms with van der Waals surface area (Å²) in [5, 5.41) is 0. The van der Waals surface area contributed by atoms with Crippen LogP contribution in [-0.2, 0) is 16.1 Å². The van der Waals surface area contributed by atoms with Crippen LogP contribution in [0.3, 0.4) is 0 Å². The number of benzene rings is 2. The van der Waals surface area contributed by atoms with Crippen LogP contribution in [0.5, 0.6) is 0 Å². The zero-order chi connectivity index (χ0) is 14.6. The maximum absolute atomic E-state index is 12.9. The van der Waals surface area contributed by atoms with Gasteiger partial charge >= 0.3 is 0 Å². The van der Waals surface area contributed by atoms with Gasteiger partial charge in [-0.1, -0.05) is 54.1 Å². The molecule has 0 unspecified atom stereocenters. The van der Waals surface area contributed by atoms with Gasteiger partial charge in [-0.3, -0.25) is 9.59 Å². The van der Waals surface area contributed by atoms with E-state index in [0.29, 0.717) is 17.7 Å². The third-order valence-electron chi connectivity index (χ3n) is 4.26. The molecule has 3 nitrogen and oxygen atoms in total. The number of para-hydroxylation sites is 1. The first-order valence-electron chi connectivity index (χ1n) is 6.87. The normalized spacial score (nSPS) is 23.4. The van der Waals surface area contributed by atoms with Gasteiger partial charge < -0.3 is 4.90 Å². The molecule has 0 fully saturated rings. The van der Waals surface area contributed by atoms with E-state index in [1.165, 1.54) is 0 Å². The summed E-state index contributed by atoms with van der Waals surface area (Å²) in [5.41, 5.74) is 2.87. The lowest BCUT2D eigenvalue weighted by Gasteiger charge is -2.35.